The van der Waals surface area contributed by atoms with Crippen LogP contribution >= 0.6 is 0 Å². The smallest absolute Gasteiger partial charge is 0.264 e. The van der Waals surface area contributed by atoms with Crippen LogP contribution in [0.3, 0.4) is 0 Å². The standard InChI is InChI=1S/C14H15N3O3/c1-2-20-9-14(19)15-11-5-3-10(4-6-11)12-7-8-13(18)17-16-12/h3-8H,2,9H2,1H3,(H,15,19)(H,17,18). The Hall–Kier alpha value is -2.47. The highest BCUT2D eigenvalue weighted by molar-refractivity contribution is 5.91. The number of nitrogens with one attached hydrogen (secondary N) is 2. The number of rotatable bonds is 5. The van der Waals surface area contributed by atoms with Gasteiger partial charge >= 0.3 is 0 Å². The Morgan fingerprint density at radius 2 is 2.00 bits per heavy atom. The van der Waals surface area contributed by atoms with Gasteiger partial charge in [0.05, 0.1) is 5.69 Å². The van der Waals surface area contributed by atoms with Gasteiger partial charge in [0.2, 0.25) is 5.91 Å². The molecule has 20 heavy (non-hydrogen) atoms. The lowest BCUT2D eigenvalue weighted by Gasteiger charge is -2.06. The zero-order valence-corrected chi connectivity index (χ0v) is 11.1. The average Bonchev–Trinajstić information content (AvgIpc) is 2.47. The number of aromatic nitrogens is 2. The molecule has 0 aliphatic carbocycles. The van der Waals surface area contributed by atoms with Crippen molar-refractivity contribution in [1.82, 2.24) is 10.2 Å². The van der Waals surface area contributed by atoms with Crippen LogP contribution in [0, 0.1) is 0 Å². The van der Waals surface area contributed by atoms with Crippen LogP contribution in [0.5, 0.6) is 0 Å². The number of anilines is 1. The molecule has 0 unspecified atom stereocenters. The number of hydrogen-bond acceptors (Lipinski definition) is 4. The zero-order valence-electron chi connectivity index (χ0n) is 11.1. The number of carbonyl (C=O) groups excluding carboxylic acids is 1. The number of aromatic amines is 1. The van der Waals surface area contributed by atoms with Crippen LogP contribution in [-0.4, -0.2) is 29.3 Å². The Morgan fingerprint density at radius 3 is 2.60 bits per heavy atom. The van der Waals surface area contributed by atoms with Crippen LogP contribution in [0.15, 0.2) is 41.2 Å². The maximum absolute atomic E-state index is 11.5. The summed E-state index contributed by atoms with van der Waals surface area (Å²) in [5.41, 5.74) is 1.96. The van der Waals surface area contributed by atoms with Crippen molar-refractivity contribution in [2.24, 2.45) is 0 Å². The van der Waals surface area contributed by atoms with Crippen molar-refractivity contribution in [3.8, 4) is 11.3 Å². The predicted octanol–water partition coefficient (Wildman–Crippen LogP) is 1.41. The lowest BCUT2D eigenvalue weighted by Crippen LogP contribution is -2.18. The third kappa shape index (κ3) is 3.76. The van der Waals surface area contributed by atoms with Gasteiger partial charge < -0.3 is 10.1 Å². The van der Waals surface area contributed by atoms with Gasteiger partial charge in [0, 0.05) is 23.9 Å². The van der Waals surface area contributed by atoms with Crippen molar-refractivity contribution in [3.05, 3.63) is 46.8 Å². The number of carbonyl (C=O) groups is 1. The number of amides is 1. The van der Waals surface area contributed by atoms with E-state index in [4.69, 9.17) is 4.74 Å². The maximum Gasteiger partial charge on any atom is 0.264 e. The van der Waals surface area contributed by atoms with E-state index in [2.05, 4.69) is 15.5 Å². The average molecular weight is 273 g/mol. The lowest BCUT2D eigenvalue weighted by molar-refractivity contribution is -0.120. The number of hydrogen-bond donors (Lipinski definition) is 2. The predicted molar refractivity (Wildman–Crippen MR) is 75.4 cm³/mol. The maximum atomic E-state index is 11.5. The van der Waals surface area contributed by atoms with Gasteiger partial charge in [0.15, 0.2) is 0 Å². The summed E-state index contributed by atoms with van der Waals surface area (Å²) in [6.07, 6.45) is 0. The molecule has 6 nitrogen and oxygen atoms in total. The van der Waals surface area contributed by atoms with Crippen LogP contribution in [-0.2, 0) is 9.53 Å². The fourth-order valence-electron chi connectivity index (χ4n) is 1.62. The Labute approximate surface area is 115 Å². The minimum absolute atomic E-state index is 0.0414. The van der Waals surface area contributed by atoms with Crippen molar-refractivity contribution in [2.45, 2.75) is 6.92 Å². The molecule has 0 saturated heterocycles. The summed E-state index contributed by atoms with van der Waals surface area (Å²) in [5, 5.41) is 9.03. The molecular formula is C14H15N3O3. The second-order valence-electron chi connectivity index (χ2n) is 4.07. The molecule has 6 heteroatoms. The molecular weight excluding hydrogens is 258 g/mol. The third-order valence-corrected chi connectivity index (χ3v) is 2.58. The van der Waals surface area contributed by atoms with Gasteiger partial charge in [-0.15, -0.1) is 0 Å². The van der Waals surface area contributed by atoms with E-state index in [9.17, 15) is 9.59 Å². The largest absolute Gasteiger partial charge is 0.372 e. The molecule has 0 fully saturated rings. The molecule has 2 rings (SSSR count). The Bertz CT molecular complexity index is 614. The van der Waals surface area contributed by atoms with Crippen LogP contribution in [0.2, 0.25) is 0 Å². The number of ether oxygens (including phenoxy) is 1. The first-order valence-electron chi connectivity index (χ1n) is 6.23. The minimum Gasteiger partial charge on any atom is -0.372 e. The quantitative estimate of drug-likeness (QED) is 0.862. The normalized spacial score (nSPS) is 10.2. The van der Waals surface area contributed by atoms with E-state index in [0.29, 0.717) is 18.0 Å². The number of nitrogens with zero attached hydrogens (tertiary/aromatic N) is 1. The Kier molecular flexibility index (Phi) is 4.62. The molecule has 1 aromatic heterocycles. The van der Waals surface area contributed by atoms with Crippen LogP contribution < -0.4 is 10.9 Å². The Balaban J connectivity index is 2.04. The summed E-state index contributed by atoms with van der Waals surface area (Å²) in [6.45, 7) is 2.38. The minimum atomic E-state index is -0.242. The van der Waals surface area contributed by atoms with Crippen LogP contribution in [0.1, 0.15) is 6.92 Å². The van der Waals surface area contributed by atoms with E-state index < -0.39 is 0 Å². The molecule has 2 N–H and O–H groups in total. The van der Waals surface area contributed by atoms with E-state index in [1.807, 2.05) is 19.1 Å². The molecule has 1 heterocycles. The van der Waals surface area contributed by atoms with E-state index in [0.717, 1.165) is 5.56 Å². The summed E-state index contributed by atoms with van der Waals surface area (Å²) < 4.78 is 5.02. The number of H-pyrrole nitrogens is 1. The molecule has 0 radical (unpaired) electrons. The first kappa shape index (κ1) is 14.0. The SMILES string of the molecule is CCOCC(=O)Nc1ccc(-c2ccc(=O)[nH]n2)cc1. The highest BCUT2D eigenvalue weighted by Crippen LogP contribution is 2.18. The molecule has 1 amide bonds. The molecule has 0 aliphatic rings. The molecule has 0 aliphatic heterocycles. The highest BCUT2D eigenvalue weighted by atomic mass is 16.5. The van der Waals surface area contributed by atoms with Gasteiger partial charge in [0.1, 0.15) is 6.61 Å². The van der Waals surface area contributed by atoms with Gasteiger partial charge in [-0.2, -0.15) is 5.10 Å². The fourth-order valence-corrected chi connectivity index (χ4v) is 1.62. The molecule has 0 bridgehead atoms. The topological polar surface area (TPSA) is 84.1 Å². The van der Waals surface area contributed by atoms with Crippen molar-refractivity contribution in [3.63, 3.8) is 0 Å². The van der Waals surface area contributed by atoms with Crippen LogP contribution in [0.4, 0.5) is 5.69 Å². The van der Waals surface area contributed by atoms with Crippen molar-refractivity contribution < 1.29 is 9.53 Å². The lowest BCUT2D eigenvalue weighted by atomic mass is 10.1. The molecule has 0 spiro atoms. The summed E-state index contributed by atoms with van der Waals surface area (Å²) in [4.78, 5) is 22.4. The third-order valence-electron chi connectivity index (χ3n) is 2.58. The first-order valence-corrected chi connectivity index (χ1v) is 6.23. The summed E-state index contributed by atoms with van der Waals surface area (Å²) >= 11 is 0. The second-order valence-corrected chi connectivity index (χ2v) is 4.07. The van der Waals surface area contributed by atoms with Gasteiger partial charge in [-0.3, -0.25) is 9.59 Å². The highest BCUT2D eigenvalue weighted by Gasteiger charge is 2.03. The molecule has 104 valence electrons. The second kappa shape index (κ2) is 6.63. The fraction of sp³-hybridized carbons (Fsp3) is 0.214. The Morgan fingerprint density at radius 1 is 1.25 bits per heavy atom. The first-order chi connectivity index (χ1) is 9.69. The molecule has 1 aromatic carbocycles. The van der Waals surface area contributed by atoms with E-state index >= 15 is 0 Å². The van der Waals surface area contributed by atoms with Crippen molar-refractivity contribution >= 4 is 11.6 Å². The van der Waals surface area contributed by atoms with Crippen LogP contribution in [0.25, 0.3) is 11.3 Å². The summed E-state index contributed by atoms with van der Waals surface area (Å²) in [5.74, 6) is -0.193. The van der Waals surface area contributed by atoms with Crippen molar-refractivity contribution in [1.29, 1.82) is 0 Å². The van der Waals surface area contributed by atoms with Crippen molar-refractivity contribution in [2.75, 3.05) is 18.5 Å². The van der Waals surface area contributed by atoms with E-state index in [1.165, 1.54) is 6.07 Å². The molecule has 0 saturated carbocycles. The van der Waals surface area contributed by atoms with Gasteiger partial charge in [-0.1, -0.05) is 12.1 Å². The van der Waals surface area contributed by atoms with Gasteiger partial charge in [0.25, 0.3) is 5.56 Å². The monoisotopic (exact) mass is 273 g/mol. The molecule has 0 atom stereocenters. The summed E-state index contributed by atoms with van der Waals surface area (Å²) in [6, 6.07) is 10.2. The van der Waals surface area contributed by atoms with Gasteiger partial charge in [-0.05, 0) is 25.1 Å². The van der Waals surface area contributed by atoms with E-state index in [-0.39, 0.29) is 18.1 Å². The molecule has 2 aromatic rings. The van der Waals surface area contributed by atoms with Gasteiger partial charge in [-0.25, -0.2) is 5.10 Å². The number of benzene rings is 1. The van der Waals surface area contributed by atoms with E-state index in [1.54, 1.807) is 18.2 Å². The summed E-state index contributed by atoms with van der Waals surface area (Å²) in [7, 11) is 0. The zero-order chi connectivity index (χ0) is 14.4.